The second-order valence-electron chi connectivity index (χ2n) is 13.4. The maximum atomic E-state index is 14.6. The van der Waals surface area contributed by atoms with E-state index in [9.17, 15) is 24.6 Å². The minimum atomic E-state index is -1.06. The summed E-state index contributed by atoms with van der Waals surface area (Å²) in [5.41, 5.74) is 2.68. The van der Waals surface area contributed by atoms with Crippen LogP contribution in [0.25, 0.3) is 0 Å². The van der Waals surface area contributed by atoms with Crippen LogP contribution in [0.5, 0.6) is 5.75 Å². The molecule has 2 aromatic rings. The number of carboxylic acid groups (broad SMARTS) is 1. The molecule has 4 aliphatic rings. The SMILES string of the molecule is CN1CCC(N2CCN(C(=O)C(Cc3cc(Br)c(O)c(Br)c3)[C@H]3CC(N4CCc5ccccc5NC4=O)CCN3C(=O)O)CC2)CC1. The van der Waals surface area contributed by atoms with Gasteiger partial charge in [-0.2, -0.15) is 0 Å². The lowest BCUT2D eigenvalue weighted by Crippen LogP contribution is -2.60. The molecule has 0 bridgehead atoms. The predicted molar refractivity (Wildman–Crippen MR) is 187 cm³/mol. The molecule has 4 heterocycles. The van der Waals surface area contributed by atoms with Crippen LogP contribution in [0.15, 0.2) is 45.3 Å². The van der Waals surface area contributed by atoms with Crippen molar-refractivity contribution in [3.63, 3.8) is 0 Å². The minimum Gasteiger partial charge on any atom is -0.506 e. The molecule has 47 heavy (non-hydrogen) atoms. The van der Waals surface area contributed by atoms with E-state index >= 15 is 0 Å². The van der Waals surface area contributed by atoms with Crippen LogP contribution < -0.4 is 5.32 Å². The fourth-order valence-electron chi connectivity index (χ4n) is 7.90. The first-order valence-electron chi connectivity index (χ1n) is 16.6. The summed E-state index contributed by atoms with van der Waals surface area (Å²) in [7, 11) is 2.16. The van der Waals surface area contributed by atoms with E-state index in [1.807, 2.05) is 34.1 Å². The number of rotatable bonds is 6. The number of hydrogen-bond acceptors (Lipinski definition) is 6. The first kappa shape index (κ1) is 34.0. The van der Waals surface area contributed by atoms with Crippen LogP contribution in [-0.2, 0) is 17.6 Å². The Bertz CT molecular complexity index is 1460. The molecule has 254 valence electrons. The molecule has 4 amide bonds. The predicted octanol–water partition coefficient (Wildman–Crippen LogP) is 4.92. The number of amides is 4. The Kier molecular flexibility index (Phi) is 10.6. The number of piperazine rings is 1. The molecule has 3 saturated heterocycles. The van der Waals surface area contributed by atoms with Gasteiger partial charge in [0.2, 0.25) is 5.91 Å². The van der Waals surface area contributed by atoms with Crippen LogP contribution in [0.1, 0.15) is 36.8 Å². The number of halogens is 2. The first-order chi connectivity index (χ1) is 22.6. The van der Waals surface area contributed by atoms with Crippen molar-refractivity contribution in [1.82, 2.24) is 24.5 Å². The maximum Gasteiger partial charge on any atom is 0.407 e. The van der Waals surface area contributed by atoms with E-state index in [-0.39, 0.29) is 30.3 Å². The molecule has 4 aliphatic heterocycles. The average Bonchev–Trinajstić information content (AvgIpc) is 3.24. The molecule has 0 aromatic heterocycles. The highest BCUT2D eigenvalue weighted by atomic mass is 79.9. The Balaban J connectivity index is 1.25. The van der Waals surface area contributed by atoms with Gasteiger partial charge in [-0.25, -0.2) is 9.59 Å². The number of anilines is 1. The van der Waals surface area contributed by atoms with E-state index < -0.39 is 18.1 Å². The summed E-state index contributed by atoms with van der Waals surface area (Å²) in [6.45, 7) is 5.71. The average molecular weight is 777 g/mol. The van der Waals surface area contributed by atoms with Gasteiger partial charge in [0, 0.05) is 63.1 Å². The van der Waals surface area contributed by atoms with E-state index in [0.717, 1.165) is 55.8 Å². The fourth-order valence-corrected chi connectivity index (χ4v) is 9.18. The number of fused-ring (bicyclic) bond motifs is 1. The molecule has 3 N–H and O–H groups in total. The molecule has 6 rings (SSSR count). The van der Waals surface area contributed by atoms with Crippen molar-refractivity contribution < 1.29 is 24.6 Å². The first-order valence-corrected chi connectivity index (χ1v) is 18.2. The Labute approximate surface area is 293 Å². The summed E-state index contributed by atoms with van der Waals surface area (Å²) in [4.78, 5) is 50.9. The van der Waals surface area contributed by atoms with Gasteiger partial charge in [-0.15, -0.1) is 0 Å². The number of nitrogens with one attached hydrogen (secondary N) is 1. The third-order valence-electron chi connectivity index (χ3n) is 10.6. The normalized spacial score (nSPS) is 24.0. The van der Waals surface area contributed by atoms with Gasteiger partial charge >= 0.3 is 12.1 Å². The van der Waals surface area contributed by atoms with Gasteiger partial charge in [0.1, 0.15) is 5.75 Å². The van der Waals surface area contributed by atoms with Crippen LogP contribution >= 0.6 is 31.9 Å². The molecule has 0 radical (unpaired) electrons. The van der Waals surface area contributed by atoms with Crippen molar-refractivity contribution in [2.24, 2.45) is 5.92 Å². The number of carbonyl (C=O) groups excluding carboxylic acids is 2. The number of urea groups is 1. The number of hydrogen-bond donors (Lipinski definition) is 3. The standard InChI is InChI=1S/C34H44Br2N6O5/c1-38-10-7-24(8-11-38)39-14-16-40(17-15-39)32(44)26(18-22-19-27(35)31(43)28(36)20-22)30-21-25(9-13-42(30)34(46)47)41-12-6-23-4-2-3-5-29(23)37-33(41)45/h2-5,19-20,24-26,30,43H,6-18,21H2,1H3,(H,37,45)(H,46,47)/t25?,26?,30-/m1/s1. The van der Waals surface area contributed by atoms with E-state index in [2.05, 4.69) is 54.0 Å². The lowest BCUT2D eigenvalue weighted by molar-refractivity contribution is -0.140. The van der Waals surface area contributed by atoms with Crippen molar-refractivity contribution in [1.29, 1.82) is 0 Å². The fraction of sp³-hybridized carbons (Fsp3) is 0.559. The summed E-state index contributed by atoms with van der Waals surface area (Å²) >= 11 is 6.86. The largest absolute Gasteiger partial charge is 0.506 e. The molecule has 3 atom stereocenters. The number of phenolic OH excluding ortho intramolecular Hbond substituents is 1. The Morgan fingerprint density at radius 2 is 1.60 bits per heavy atom. The topological polar surface area (TPSA) is 120 Å². The maximum absolute atomic E-state index is 14.6. The van der Waals surface area contributed by atoms with Crippen LogP contribution in [0.3, 0.4) is 0 Å². The summed E-state index contributed by atoms with van der Waals surface area (Å²) in [5, 5.41) is 23.8. The molecule has 2 unspecified atom stereocenters. The Hall–Kier alpha value is -2.87. The highest BCUT2D eigenvalue weighted by Crippen LogP contribution is 2.37. The molecule has 0 aliphatic carbocycles. The Morgan fingerprint density at radius 3 is 2.28 bits per heavy atom. The van der Waals surface area contributed by atoms with Crippen LogP contribution in [0, 0.1) is 5.92 Å². The third kappa shape index (κ3) is 7.58. The lowest BCUT2D eigenvalue weighted by atomic mass is 9.82. The second-order valence-corrected chi connectivity index (χ2v) is 15.1. The minimum absolute atomic E-state index is 0.0574. The van der Waals surface area contributed by atoms with Gasteiger partial charge in [-0.3, -0.25) is 9.69 Å². The summed E-state index contributed by atoms with van der Waals surface area (Å²) in [5.74, 6) is -0.656. The van der Waals surface area contributed by atoms with E-state index in [1.165, 1.54) is 4.90 Å². The zero-order chi connectivity index (χ0) is 33.2. The molecule has 2 aromatic carbocycles. The van der Waals surface area contributed by atoms with E-state index in [4.69, 9.17) is 0 Å². The van der Waals surface area contributed by atoms with Gasteiger partial charge in [0.25, 0.3) is 0 Å². The zero-order valence-electron chi connectivity index (χ0n) is 26.8. The lowest BCUT2D eigenvalue weighted by Gasteiger charge is -2.46. The number of likely N-dealkylation sites (tertiary alicyclic amines) is 2. The molecule has 0 saturated carbocycles. The monoisotopic (exact) mass is 774 g/mol. The van der Waals surface area contributed by atoms with Crippen molar-refractivity contribution in [3.05, 3.63) is 56.5 Å². The summed E-state index contributed by atoms with van der Waals surface area (Å²) in [6, 6.07) is 10.9. The number of benzene rings is 2. The number of aromatic hydroxyl groups is 1. The molecular formula is C34H44Br2N6O5. The molecule has 3 fully saturated rings. The molecule has 11 nitrogen and oxygen atoms in total. The summed E-state index contributed by atoms with van der Waals surface area (Å²) in [6.07, 6.45) is 3.05. The molecule has 0 spiro atoms. The number of phenols is 1. The number of para-hydroxylation sites is 1. The Morgan fingerprint density at radius 1 is 0.936 bits per heavy atom. The number of nitrogens with zero attached hydrogens (tertiary/aromatic N) is 5. The quantitative estimate of drug-likeness (QED) is 0.382. The smallest absolute Gasteiger partial charge is 0.407 e. The third-order valence-corrected chi connectivity index (χ3v) is 11.8. The second kappa shape index (κ2) is 14.7. The number of piperidine rings is 2. The van der Waals surface area contributed by atoms with Crippen LogP contribution in [-0.4, -0.2) is 130 Å². The number of carbonyl (C=O) groups is 3. The zero-order valence-corrected chi connectivity index (χ0v) is 30.0. The van der Waals surface area contributed by atoms with Crippen LogP contribution in [0.2, 0.25) is 0 Å². The van der Waals surface area contributed by atoms with Crippen molar-refractivity contribution >= 4 is 55.6 Å². The van der Waals surface area contributed by atoms with Gasteiger partial charge in [-0.1, -0.05) is 18.2 Å². The van der Waals surface area contributed by atoms with E-state index in [0.29, 0.717) is 60.3 Å². The van der Waals surface area contributed by atoms with Gasteiger partial charge in [0.05, 0.1) is 14.9 Å². The van der Waals surface area contributed by atoms with Gasteiger partial charge < -0.3 is 35.1 Å². The molecular weight excluding hydrogens is 732 g/mol. The summed E-state index contributed by atoms with van der Waals surface area (Å²) < 4.78 is 0.995. The highest BCUT2D eigenvalue weighted by molar-refractivity contribution is 9.11. The molecule has 13 heteroatoms. The van der Waals surface area contributed by atoms with Crippen LogP contribution in [0.4, 0.5) is 15.3 Å². The van der Waals surface area contributed by atoms with Crippen molar-refractivity contribution in [3.8, 4) is 5.75 Å². The highest BCUT2D eigenvalue weighted by Gasteiger charge is 2.44. The van der Waals surface area contributed by atoms with E-state index in [1.54, 1.807) is 12.1 Å². The van der Waals surface area contributed by atoms with Gasteiger partial charge in [-0.05, 0) is 120 Å². The van der Waals surface area contributed by atoms with Gasteiger partial charge in [0.15, 0.2) is 0 Å². The van der Waals surface area contributed by atoms with Crippen molar-refractivity contribution in [2.75, 3.05) is 64.7 Å². The van der Waals surface area contributed by atoms with Crippen molar-refractivity contribution in [2.45, 2.75) is 56.7 Å².